The summed E-state index contributed by atoms with van der Waals surface area (Å²) in [5.74, 6) is 0. The van der Waals surface area contributed by atoms with E-state index in [0.29, 0.717) is 12.0 Å². The smallest absolute Gasteiger partial charge is 0.122 e. The molecule has 1 unspecified atom stereocenters. The predicted octanol–water partition coefficient (Wildman–Crippen LogP) is 5.69. The number of rotatable bonds is 8. The fraction of sp³-hybridized carbons (Fsp3) is 0.333. The standard InChI is InChI=1S/C24H32FN/c1-9-11-12-21(18(6)19(7)25)14-13-17(5)15-22-23(10-2)26-20(8)24(22)16(3)4/h9-12,15,19,26H,3,5-6,13-14H2,1-2,4,7-8H3/b11-9-,21-12-,22-15+,23-10+. The Kier molecular flexibility index (Phi) is 8.31. The van der Waals surface area contributed by atoms with E-state index < -0.39 is 6.17 Å². The normalized spacial score (nSPS) is 14.9. The molecule has 0 bridgehead atoms. The lowest BCUT2D eigenvalue weighted by Gasteiger charge is -2.12. The van der Waals surface area contributed by atoms with Crippen molar-refractivity contribution in [1.82, 2.24) is 4.98 Å². The van der Waals surface area contributed by atoms with Crippen LogP contribution in [0, 0.1) is 6.92 Å². The molecule has 0 aliphatic carbocycles. The van der Waals surface area contributed by atoms with Gasteiger partial charge < -0.3 is 4.98 Å². The molecule has 0 aliphatic rings. The van der Waals surface area contributed by atoms with E-state index in [4.69, 9.17) is 0 Å². The summed E-state index contributed by atoms with van der Waals surface area (Å²) in [6, 6.07) is 0. The third-order valence-electron chi connectivity index (χ3n) is 4.42. The molecular formula is C24H32FN. The van der Waals surface area contributed by atoms with Gasteiger partial charge in [-0.1, -0.05) is 49.6 Å². The number of allylic oxidation sites excluding steroid dienone is 7. The first kappa shape index (κ1) is 21.7. The van der Waals surface area contributed by atoms with Gasteiger partial charge in [-0.25, -0.2) is 4.39 Å². The minimum atomic E-state index is -1.05. The van der Waals surface area contributed by atoms with Crippen LogP contribution >= 0.6 is 0 Å². The molecule has 1 aromatic heterocycles. The van der Waals surface area contributed by atoms with Crippen LogP contribution in [0.15, 0.2) is 54.7 Å². The van der Waals surface area contributed by atoms with Crippen molar-refractivity contribution in [3.63, 3.8) is 0 Å². The topological polar surface area (TPSA) is 15.8 Å². The largest absolute Gasteiger partial charge is 0.358 e. The first-order valence-electron chi connectivity index (χ1n) is 9.08. The van der Waals surface area contributed by atoms with Crippen molar-refractivity contribution < 1.29 is 4.39 Å². The van der Waals surface area contributed by atoms with Crippen LogP contribution in [0.2, 0.25) is 0 Å². The second-order valence-corrected chi connectivity index (χ2v) is 6.68. The van der Waals surface area contributed by atoms with Crippen molar-refractivity contribution in [1.29, 1.82) is 0 Å². The van der Waals surface area contributed by atoms with E-state index in [-0.39, 0.29) is 0 Å². The summed E-state index contributed by atoms with van der Waals surface area (Å²) < 4.78 is 13.7. The van der Waals surface area contributed by atoms with Crippen LogP contribution in [0.1, 0.15) is 51.8 Å². The monoisotopic (exact) mass is 353 g/mol. The number of aryl methyl sites for hydroxylation is 1. The highest BCUT2D eigenvalue weighted by atomic mass is 19.1. The summed E-state index contributed by atoms with van der Waals surface area (Å²) >= 11 is 0. The van der Waals surface area contributed by atoms with E-state index in [2.05, 4.69) is 43.8 Å². The van der Waals surface area contributed by atoms with Crippen LogP contribution in [0.25, 0.3) is 17.7 Å². The van der Waals surface area contributed by atoms with E-state index in [0.717, 1.165) is 45.0 Å². The molecule has 1 atom stereocenters. The molecule has 0 aromatic carbocycles. The Morgan fingerprint density at radius 3 is 2.35 bits per heavy atom. The Morgan fingerprint density at radius 2 is 1.85 bits per heavy atom. The number of aromatic amines is 1. The first-order chi connectivity index (χ1) is 12.2. The van der Waals surface area contributed by atoms with Gasteiger partial charge in [-0.15, -0.1) is 0 Å². The van der Waals surface area contributed by atoms with Crippen molar-refractivity contribution in [2.24, 2.45) is 0 Å². The molecule has 0 saturated carbocycles. The molecule has 1 nitrogen and oxygen atoms in total. The van der Waals surface area contributed by atoms with E-state index in [1.165, 1.54) is 6.92 Å². The Balaban J connectivity index is 3.15. The van der Waals surface area contributed by atoms with E-state index in [1.54, 1.807) is 0 Å². The number of H-pyrrole nitrogens is 1. The molecule has 1 aromatic rings. The summed E-state index contributed by atoms with van der Waals surface area (Å²) in [4.78, 5) is 3.40. The number of aromatic nitrogens is 1. The SMILES string of the molecule is C=C(/C=c1/c(C(=C)C)c(C)[nH]/c1=C/C)CC/C(=C/C=C\C)C(=C)C(C)F. The zero-order valence-corrected chi connectivity index (χ0v) is 16.9. The summed E-state index contributed by atoms with van der Waals surface area (Å²) in [5, 5.41) is 2.20. The van der Waals surface area contributed by atoms with Crippen molar-refractivity contribution in [2.45, 2.75) is 53.6 Å². The molecule has 140 valence electrons. The molecule has 2 heteroatoms. The number of hydrogen-bond acceptors (Lipinski definition) is 0. The molecule has 1 heterocycles. The number of nitrogens with one attached hydrogen (secondary N) is 1. The van der Waals surface area contributed by atoms with Crippen molar-refractivity contribution >= 4 is 17.7 Å². The maximum atomic E-state index is 13.7. The van der Waals surface area contributed by atoms with Crippen LogP contribution in [0.4, 0.5) is 4.39 Å². The molecule has 0 aliphatic heterocycles. The van der Waals surface area contributed by atoms with E-state index in [9.17, 15) is 4.39 Å². The quantitative estimate of drug-likeness (QED) is 0.578. The number of hydrogen-bond donors (Lipinski definition) is 1. The van der Waals surface area contributed by atoms with Crippen LogP contribution < -0.4 is 10.6 Å². The third-order valence-corrected chi connectivity index (χ3v) is 4.42. The van der Waals surface area contributed by atoms with Crippen molar-refractivity contribution in [2.75, 3.05) is 0 Å². The molecule has 1 N–H and O–H groups in total. The van der Waals surface area contributed by atoms with Crippen molar-refractivity contribution in [3.05, 3.63) is 76.5 Å². The fourth-order valence-corrected chi connectivity index (χ4v) is 2.99. The van der Waals surface area contributed by atoms with Gasteiger partial charge in [0.05, 0.1) is 0 Å². The molecule has 1 rings (SSSR count). The molecule has 0 fully saturated rings. The second kappa shape index (κ2) is 9.96. The highest BCUT2D eigenvalue weighted by molar-refractivity contribution is 5.67. The Labute approximate surface area is 157 Å². The average molecular weight is 354 g/mol. The van der Waals surface area contributed by atoms with Crippen LogP contribution in [-0.2, 0) is 0 Å². The zero-order valence-electron chi connectivity index (χ0n) is 16.9. The fourth-order valence-electron chi connectivity index (χ4n) is 2.99. The number of alkyl halides is 1. The van der Waals surface area contributed by atoms with Gasteiger partial charge in [-0.2, -0.15) is 0 Å². The zero-order chi connectivity index (χ0) is 19.9. The summed E-state index contributed by atoms with van der Waals surface area (Å²) in [6.45, 7) is 21.8. The Bertz CT molecular complexity index is 857. The molecule has 0 amide bonds. The third kappa shape index (κ3) is 5.59. The van der Waals surface area contributed by atoms with Gasteiger partial charge in [0.15, 0.2) is 0 Å². The summed E-state index contributed by atoms with van der Waals surface area (Å²) in [5.41, 5.74) is 5.75. The second-order valence-electron chi connectivity index (χ2n) is 6.68. The molecule has 0 spiro atoms. The van der Waals surface area contributed by atoms with Gasteiger partial charge in [-0.3, -0.25) is 0 Å². The number of halogens is 1. The van der Waals surface area contributed by atoms with Gasteiger partial charge in [0.2, 0.25) is 0 Å². The van der Waals surface area contributed by atoms with Gasteiger partial charge in [-0.05, 0) is 70.3 Å². The van der Waals surface area contributed by atoms with Gasteiger partial charge >= 0.3 is 0 Å². The minimum Gasteiger partial charge on any atom is -0.358 e. The molecule has 0 radical (unpaired) electrons. The lowest BCUT2D eigenvalue weighted by atomic mass is 9.96. The average Bonchev–Trinajstić information content (AvgIpc) is 2.89. The molecular weight excluding hydrogens is 321 g/mol. The maximum Gasteiger partial charge on any atom is 0.122 e. The minimum absolute atomic E-state index is 0.540. The van der Waals surface area contributed by atoms with Crippen LogP contribution in [0.5, 0.6) is 0 Å². The van der Waals surface area contributed by atoms with Gasteiger partial charge in [0.1, 0.15) is 6.17 Å². The Hall–Kier alpha value is -2.35. The van der Waals surface area contributed by atoms with Gasteiger partial charge in [0, 0.05) is 21.8 Å². The lowest BCUT2D eigenvalue weighted by molar-refractivity contribution is 0.414. The highest BCUT2D eigenvalue weighted by Crippen LogP contribution is 2.22. The molecule has 26 heavy (non-hydrogen) atoms. The summed E-state index contributed by atoms with van der Waals surface area (Å²) in [6.07, 6.45) is 10.4. The lowest BCUT2D eigenvalue weighted by Crippen LogP contribution is -2.24. The first-order valence-corrected chi connectivity index (χ1v) is 9.08. The van der Waals surface area contributed by atoms with Gasteiger partial charge in [0.25, 0.3) is 0 Å². The highest BCUT2D eigenvalue weighted by Gasteiger charge is 2.10. The van der Waals surface area contributed by atoms with Crippen molar-refractivity contribution in [3.8, 4) is 0 Å². The maximum absolute atomic E-state index is 13.7. The van der Waals surface area contributed by atoms with Crippen LogP contribution in [-0.4, -0.2) is 11.2 Å². The van der Waals surface area contributed by atoms with Crippen LogP contribution in [0.3, 0.4) is 0 Å². The predicted molar refractivity (Wildman–Crippen MR) is 115 cm³/mol. The Morgan fingerprint density at radius 1 is 1.19 bits per heavy atom. The van der Waals surface area contributed by atoms with E-state index >= 15 is 0 Å². The van der Waals surface area contributed by atoms with E-state index in [1.807, 2.05) is 39.0 Å². The summed E-state index contributed by atoms with van der Waals surface area (Å²) in [7, 11) is 0. The molecule has 0 saturated heterocycles.